The van der Waals surface area contributed by atoms with Gasteiger partial charge in [-0.25, -0.2) is 14.4 Å². The number of benzene rings is 1. The van der Waals surface area contributed by atoms with E-state index in [0.29, 0.717) is 30.2 Å². The Morgan fingerprint density at radius 3 is 2.96 bits per heavy atom. The van der Waals surface area contributed by atoms with E-state index < -0.39 is 5.82 Å². The lowest BCUT2D eigenvalue weighted by molar-refractivity contribution is 0.184. The zero-order chi connectivity index (χ0) is 17.8. The van der Waals surface area contributed by atoms with Crippen molar-refractivity contribution in [1.82, 2.24) is 19.7 Å². The smallest absolute Gasteiger partial charge is 0.186 e. The van der Waals surface area contributed by atoms with Crippen LogP contribution in [-0.4, -0.2) is 33.5 Å². The molecule has 0 radical (unpaired) electrons. The minimum absolute atomic E-state index is 0.289. The van der Waals surface area contributed by atoms with Crippen LogP contribution in [0.25, 0.3) is 11.0 Å². The number of hydrogen-bond donors (Lipinski definition) is 1. The topological polar surface area (TPSA) is 88.6 Å². The molecule has 7 nitrogen and oxygen atoms in total. The van der Waals surface area contributed by atoms with E-state index in [1.165, 1.54) is 12.4 Å². The molecule has 0 aliphatic heterocycles. The molecule has 1 N–H and O–H groups in total. The van der Waals surface area contributed by atoms with Crippen molar-refractivity contribution in [3.05, 3.63) is 47.7 Å². The molecule has 2 heterocycles. The number of rotatable bonds is 6. The average molecular weight is 340 g/mol. The van der Waals surface area contributed by atoms with E-state index in [-0.39, 0.29) is 11.6 Å². The number of nitrogens with zero attached hydrogens (tertiary/aromatic N) is 5. The van der Waals surface area contributed by atoms with Crippen LogP contribution in [0.3, 0.4) is 0 Å². The maximum Gasteiger partial charge on any atom is 0.186 e. The number of anilines is 1. The maximum atomic E-state index is 14.2. The molecule has 128 valence electrons. The lowest BCUT2D eigenvalue weighted by Gasteiger charge is -2.16. The molecule has 0 aliphatic rings. The quantitative estimate of drug-likeness (QED) is 0.742. The monoisotopic (exact) mass is 340 g/mol. The Morgan fingerprint density at radius 1 is 1.40 bits per heavy atom. The number of methoxy groups -OCH3 is 1. The number of nitriles is 1. The first kappa shape index (κ1) is 16.8. The van der Waals surface area contributed by atoms with Crippen molar-refractivity contribution in [3.8, 4) is 6.07 Å². The van der Waals surface area contributed by atoms with Crippen LogP contribution in [0, 0.1) is 17.1 Å². The van der Waals surface area contributed by atoms with Crippen LogP contribution in [0.4, 0.5) is 10.2 Å². The number of nitrogens with one attached hydrogen (secondary N) is 1. The van der Waals surface area contributed by atoms with Gasteiger partial charge in [-0.2, -0.15) is 10.4 Å². The lowest BCUT2D eigenvalue weighted by atomic mass is 10.1. The van der Waals surface area contributed by atoms with Crippen LogP contribution in [-0.2, 0) is 11.3 Å². The van der Waals surface area contributed by atoms with Gasteiger partial charge in [-0.3, -0.25) is 4.68 Å². The van der Waals surface area contributed by atoms with Crippen LogP contribution in [0.1, 0.15) is 24.1 Å². The highest BCUT2D eigenvalue weighted by molar-refractivity contribution is 5.85. The van der Waals surface area contributed by atoms with Crippen molar-refractivity contribution in [3.63, 3.8) is 0 Å². The molecular weight excluding hydrogens is 323 g/mol. The Hall–Kier alpha value is -3.05. The minimum Gasteiger partial charge on any atom is -0.383 e. The lowest BCUT2D eigenvalue weighted by Crippen LogP contribution is -2.10. The third kappa shape index (κ3) is 3.56. The molecule has 0 bridgehead atoms. The Kier molecular flexibility index (Phi) is 4.86. The first-order valence-corrected chi connectivity index (χ1v) is 7.75. The summed E-state index contributed by atoms with van der Waals surface area (Å²) in [5.74, 6) is 0.144. The molecule has 1 aromatic carbocycles. The second kappa shape index (κ2) is 7.23. The predicted molar refractivity (Wildman–Crippen MR) is 90.4 cm³/mol. The van der Waals surface area contributed by atoms with Crippen molar-refractivity contribution in [1.29, 1.82) is 5.26 Å². The van der Waals surface area contributed by atoms with Crippen LogP contribution in [0.2, 0.25) is 0 Å². The molecule has 0 saturated heterocycles. The number of hydrogen-bond acceptors (Lipinski definition) is 6. The fraction of sp³-hybridized carbons (Fsp3) is 0.294. The molecule has 3 aromatic rings. The summed E-state index contributed by atoms with van der Waals surface area (Å²) in [6, 6.07) is 6.01. The van der Waals surface area contributed by atoms with Gasteiger partial charge in [-0.05, 0) is 19.1 Å². The van der Waals surface area contributed by atoms with Gasteiger partial charge in [0.05, 0.1) is 36.2 Å². The van der Waals surface area contributed by atoms with Gasteiger partial charge >= 0.3 is 0 Å². The van der Waals surface area contributed by atoms with Crippen molar-refractivity contribution >= 4 is 16.9 Å². The SMILES string of the molecule is COCCn1cc2c(NC(C)c3ccc(C#N)cc3F)ncnc2n1. The molecule has 0 fully saturated rings. The number of halogens is 1. The molecule has 25 heavy (non-hydrogen) atoms. The summed E-state index contributed by atoms with van der Waals surface area (Å²) in [6.45, 7) is 2.97. The zero-order valence-corrected chi connectivity index (χ0v) is 13.9. The third-order valence-corrected chi connectivity index (χ3v) is 3.84. The fourth-order valence-corrected chi connectivity index (χ4v) is 2.53. The third-order valence-electron chi connectivity index (χ3n) is 3.84. The summed E-state index contributed by atoms with van der Waals surface area (Å²) in [5.41, 5.74) is 1.30. The van der Waals surface area contributed by atoms with Crippen LogP contribution in [0.5, 0.6) is 0 Å². The summed E-state index contributed by atoms with van der Waals surface area (Å²) in [4.78, 5) is 8.40. The van der Waals surface area contributed by atoms with Crippen LogP contribution >= 0.6 is 0 Å². The second-order valence-corrected chi connectivity index (χ2v) is 5.56. The van der Waals surface area contributed by atoms with E-state index in [1.807, 2.05) is 19.2 Å². The molecule has 2 aromatic heterocycles. The summed E-state index contributed by atoms with van der Waals surface area (Å²) in [7, 11) is 1.63. The van der Waals surface area contributed by atoms with Crippen molar-refractivity contribution in [2.45, 2.75) is 19.5 Å². The number of aromatic nitrogens is 4. The molecule has 1 atom stereocenters. The molecule has 3 rings (SSSR count). The summed E-state index contributed by atoms with van der Waals surface area (Å²) < 4.78 is 21.0. The largest absolute Gasteiger partial charge is 0.383 e. The van der Waals surface area contributed by atoms with Gasteiger partial charge in [0.2, 0.25) is 0 Å². The first-order valence-electron chi connectivity index (χ1n) is 7.75. The highest BCUT2D eigenvalue weighted by Crippen LogP contribution is 2.25. The van der Waals surface area contributed by atoms with Gasteiger partial charge in [0.1, 0.15) is 18.0 Å². The molecule has 0 spiro atoms. The zero-order valence-electron chi connectivity index (χ0n) is 13.9. The van der Waals surface area contributed by atoms with Crippen molar-refractivity contribution in [2.24, 2.45) is 0 Å². The highest BCUT2D eigenvalue weighted by atomic mass is 19.1. The molecule has 0 saturated carbocycles. The molecule has 0 aliphatic carbocycles. The highest BCUT2D eigenvalue weighted by Gasteiger charge is 2.15. The van der Waals surface area contributed by atoms with Gasteiger partial charge in [-0.15, -0.1) is 0 Å². The number of ether oxygens (including phenoxy) is 1. The number of fused-ring (bicyclic) bond motifs is 1. The van der Waals surface area contributed by atoms with Crippen LogP contribution < -0.4 is 5.32 Å². The summed E-state index contributed by atoms with van der Waals surface area (Å²) in [6.07, 6.45) is 3.25. The minimum atomic E-state index is -0.430. The second-order valence-electron chi connectivity index (χ2n) is 5.56. The van der Waals surface area contributed by atoms with Crippen molar-refractivity contribution < 1.29 is 9.13 Å². The maximum absolute atomic E-state index is 14.2. The standard InChI is InChI=1S/C17H17FN6O/c1-11(13-4-3-12(8-19)7-15(13)18)22-16-14-9-24(5-6-25-2)23-17(14)21-10-20-16/h3-4,7,9-11H,5-6H2,1-2H3,(H,20,21,22,23). The van der Waals surface area contributed by atoms with E-state index in [0.717, 1.165) is 5.39 Å². The van der Waals surface area contributed by atoms with Gasteiger partial charge in [0.15, 0.2) is 5.65 Å². The van der Waals surface area contributed by atoms with E-state index in [1.54, 1.807) is 23.9 Å². The average Bonchev–Trinajstić information content (AvgIpc) is 3.03. The molecule has 8 heteroatoms. The summed E-state index contributed by atoms with van der Waals surface area (Å²) >= 11 is 0. The molecule has 1 unspecified atom stereocenters. The van der Waals surface area contributed by atoms with E-state index in [4.69, 9.17) is 10.00 Å². The van der Waals surface area contributed by atoms with Gasteiger partial charge in [0, 0.05) is 18.9 Å². The van der Waals surface area contributed by atoms with E-state index in [9.17, 15) is 4.39 Å². The van der Waals surface area contributed by atoms with Gasteiger partial charge in [-0.1, -0.05) is 6.07 Å². The van der Waals surface area contributed by atoms with Gasteiger partial charge < -0.3 is 10.1 Å². The van der Waals surface area contributed by atoms with E-state index >= 15 is 0 Å². The van der Waals surface area contributed by atoms with Crippen LogP contribution in [0.15, 0.2) is 30.7 Å². The first-order chi connectivity index (χ1) is 12.1. The molecular formula is C17H17FN6O. The Balaban J connectivity index is 1.87. The summed E-state index contributed by atoms with van der Waals surface area (Å²) in [5, 5.41) is 17.1. The predicted octanol–water partition coefficient (Wildman–Crippen LogP) is 2.66. The Morgan fingerprint density at radius 2 is 2.24 bits per heavy atom. The normalized spacial score (nSPS) is 12.1. The van der Waals surface area contributed by atoms with Gasteiger partial charge in [0.25, 0.3) is 0 Å². The Bertz CT molecular complexity index is 933. The molecule has 0 amide bonds. The van der Waals surface area contributed by atoms with Crippen molar-refractivity contribution in [2.75, 3.05) is 19.0 Å². The fourth-order valence-electron chi connectivity index (χ4n) is 2.53. The Labute approximate surface area is 144 Å². The van der Waals surface area contributed by atoms with E-state index in [2.05, 4.69) is 20.4 Å².